The molecule has 2 aliphatic rings. The van der Waals surface area contributed by atoms with E-state index in [-0.39, 0.29) is 6.54 Å². The van der Waals surface area contributed by atoms with Crippen molar-refractivity contribution >= 4 is 34.9 Å². The molecule has 0 saturated carbocycles. The Morgan fingerprint density at radius 1 is 1.14 bits per heavy atom. The van der Waals surface area contributed by atoms with E-state index in [4.69, 9.17) is 16.3 Å². The molecule has 3 rings (SSSR count). The maximum absolute atomic E-state index is 12.7. The Kier molecular flexibility index (Phi) is 2.92. The van der Waals surface area contributed by atoms with Gasteiger partial charge in [-0.05, 0) is 43.7 Å². The van der Waals surface area contributed by atoms with Gasteiger partial charge in [0.05, 0.1) is 6.54 Å². The molecule has 0 N–H and O–H groups in total. The smallest absolute Gasteiger partial charge is 0.335 e. The lowest BCUT2D eigenvalue weighted by atomic mass is 9.91. The Morgan fingerprint density at radius 3 is 2.29 bits per heavy atom. The van der Waals surface area contributed by atoms with Crippen LogP contribution in [0.5, 0.6) is 0 Å². The number of anilines is 1. The first-order valence-electron chi connectivity index (χ1n) is 6.40. The van der Waals surface area contributed by atoms with Crippen LogP contribution in [0.2, 0.25) is 5.02 Å². The van der Waals surface area contributed by atoms with Crippen molar-refractivity contribution in [1.29, 1.82) is 0 Å². The molecule has 0 aliphatic carbocycles. The van der Waals surface area contributed by atoms with Crippen LogP contribution in [0.4, 0.5) is 5.69 Å². The summed E-state index contributed by atoms with van der Waals surface area (Å²) in [7, 11) is 0. The third-order valence-electron chi connectivity index (χ3n) is 4.02. The van der Waals surface area contributed by atoms with Gasteiger partial charge >= 0.3 is 5.97 Å². The molecule has 2 heterocycles. The summed E-state index contributed by atoms with van der Waals surface area (Å²) in [5.74, 6) is -1.57. The molecule has 6 heteroatoms. The number of nitrogens with zero attached hydrogens (tertiary/aromatic N) is 1. The monoisotopic (exact) mass is 305 g/mol. The molecule has 1 fully saturated rings. The van der Waals surface area contributed by atoms with Crippen molar-refractivity contribution < 1.29 is 19.1 Å². The fourth-order valence-corrected chi connectivity index (χ4v) is 2.77. The van der Waals surface area contributed by atoms with Gasteiger partial charge in [0, 0.05) is 16.3 Å². The van der Waals surface area contributed by atoms with Gasteiger partial charge in [-0.3, -0.25) is 9.59 Å². The van der Waals surface area contributed by atoms with Crippen LogP contribution < -0.4 is 4.90 Å². The molecular weight excluding hydrogens is 294 g/mol. The molecule has 21 heavy (non-hydrogen) atoms. The first kappa shape index (κ1) is 13.8. The number of carbonyl (C=O) groups excluding carboxylic acids is 3. The van der Waals surface area contributed by atoms with Crippen LogP contribution in [0, 0.1) is 0 Å². The van der Waals surface area contributed by atoms with Crippen LogP contribution in [-0.2, 0) is 19.1 Å². The molecule has 2 aliphatic heterocycles. The standard InChI is InChI=1S/C15H12ClNO4/c1-8-9(2)15(21-13(8)19)12(18)7-17(14(15)20)11-5-3-10(16)4-6-11/h3-6H,7H2,1-2H3. The Hall–Kier alpha value is -2.14. The number of ketones is 1. The van der Waals surface area contributed by atoms with Crippen molar-refractivity contribution in [3.05, 3.63) is 40.4 Å². The SMILES string of the molecule is CC1=C(C)C2(OC1=O)C(=O)CN(c1ccc(Cl)cc1)C2=O. The van der Waals surface area contributed by atoms with Crippen LogP contribution in [-0.4, -0.2) is 29.8 Å². The minimum atomic E-state index is -1.78. The maximum atomic E-state index is 12.7. The predicted molar refractivity (Wildman–Crippen MR) is 76.0 cm³/mol. The van der Waals surface area contributed by atoms with E-state index in [9.17, 15) is 14.4 Å². The highest BCUT2D eigenvalue weighted by Crippen LogP contribution is 2.40. The average Bonchev–Trinajstić information content (AvgIpc) is 2.84. The van der Waals surface area contributed by atoms with Crippen molar-refractivity contribution in [3.63, 3.8) is 0 Å². The van der Waals surface area contributed by atoms with E-state index in [1.54, 1.807) is 38.1 Å². The van der Waals surface area contributed by atoms with Crippen LogP contribution in [0.15, 0.2) is 35.4 Å². The van der Waals surface area contributed by atoms with Crippen molar-refractivity contribution in [1.82, 2.24) is 0 Å². The van der Waals surface area contributed by atoms with E-state index in [0.29, 0.717) is 21.9 Å². The summed E-state index contributed by atoms with van der Waals surface area (Å²) in [6, 6.07) is 6.56. The number of rotatable bonds is 1. The number of hydrogen-bond acceptors (Lipinski definition) is 4. The Balaban J connectivity index is 2.05. The highest BCUT2D eigenvalue weighted by molar-refractivity contribution is 6.31. The second-order valence-corrected chi connectivity index (χ2v) is 5.55. The largest absolute Gasteiger partial charge is 0.433 e. The van der Waals surface area contributed by atoms with E-state index in [1.807, 2.05) is 0 Å². The first-order valence-corrected chi connectivity index (χ1v) is 6.78. The number of halogens is 1. The third kappa shape index (κ3) is 1.74. The highest BCUT2D eigenvalue weighted by atomic mass is 35.5. The topological polar surface area (TPSA) is 63.7 Å². The molecule has 1 spiro atoms. The van der Waals surface area contributed by atoms with Crippen molar-refractivity contribution in [2.24, 2.45) is 0 Å². The van der Waals surface area contributed by atoms with Gasteiger partial charge < -0.3 is 9.64 Å². The molecule has 0 aromatic heterocycles. The lowest BCUT2D eigenvalue weighted by molar-refractivity contribution is -0.158. The predicted octanol–water partition coefficient (Wildman–Crippen LogP) is 1.89. The number of ether oxygens (including phenoxy) is 1. The minimum Gasteiger partial charge on any atom is -0.433 e. The van der Waals surface area contributed by atoms with Gasteiger partial charge in [0.2, 0.25) is 5.78 Å². The second kappa shape index (κ2) is 4.43. The van der Waals surface area contributed by atoms with Gasteiger partial charge in [-0.2, -0.15) is 0 Å². The molecular formula is C15H12ClNO4. The average molecular weight is 306 g/mol. The summed E-state index contributed by atoms with van der Waals surface area (Å²) >= 11 is 5.82. The fourth-order valence-electron chi connectivity index (χ4n) is 2.65. The summed E-state index contributed by atoms with van der Waals surface area (Å²) in [5, 5.41) is 0.533. The van der Waals surface area contributed by atoms with Gasteiger partial charge in [-0.25, -0.2) is 4.79 Å². The van der Waals surface area contributed by atoms with E-state index < -0.39 is 23.3 Å². The third-order valence-corrected chi connectivity index (χ3v) is 4.27. The van der Waals surface area contributed by atoms with E-state index in [1.165, 1.54) is 4.90 Å². The Morgan fingerprint density at radius 2 is 1.76 bits per heavy atom. The Labute approximate surface area is 126 Å². The minimum absolute atomic E-state index is 0.127. The van der Waals surface area contributed by atoms with Crippen molar-refractivity contribution in [2.45, 2.75) is 19.4 Å². The molecule has 1 amide bonds. The molecule has 1 atom stereocenters. The summed E-state index contributed by atoms with van der Waals surface area (Å²) < 4.78 is 5.15. The number of carbonyl (C=O) groups is 3. The number of benzene rings is 1. The zero-order valence-electron chi connectivity index (χ0n) is 11.5. The first-order chi connectivity index (χ1) is 9.87. The number of Topliss-reactive ketones (excluding diaryl/α,β-unsaturated/α-hetero) is 1. The zero-order valence-corrected chi connectivity index (χ0v) is 12.2. The van der Waals surface area contributed by atoms with Gasteiger partial charge in [0.1, 0.15) is 0 Å². The van der Waals surface area contributed by atoms with E-state index in [2.05, 4.69) is 0 Å². The maximum Gasteiger partial charge on any atom is 0.335 e. The van der Waals surface area contributed by atoms with Gasteiger partial charge in [-0.15, -0.1) is 0 Å². The number of amides is 1. The zero-order chi connectivity index (χ0) is 15.4. The van der Waals surface area contributed by atoms with Crippen molar-refractivity contribution in [3.8, 4) is 0 Å². The lowest BCUT2D eigenvalue weighted by Crippen LogP contribution is -2.45. The van der Waals surface area contributed by atoms with Crippen LogP contribution >= 0.6 is 11.6 Å². The molecule has 1 saturated heterocycles. The number of esters is 1. The Bertz CT molecular complexity index is 707. The fraction of sp³-hybridized carbons (Fsp3) is 0.267. The highest BCUT2D eigenvalue weighted by Gasteiger charge is 2.62. The summed E-state index contributed by atoms with van der Waals surface area (Å²) in [6.45, 7) is 3.01. The summed E-state index contributed by atoms with van der Waals surface area (Å²) in [6.07, 6.45) is 0. The second-order valence-electron chi connectivity index (χ2n) is 5.11. The van der Waals surface area contributed by atoms with Gasteiger partial charge in [-0.1, -0.05) is 11.6 Å². The molecule has 1 aromatic carbocycles. The van der Waals surface area contributed by atoms with Crippen LogP contribution in [0.1, 0.15) is 13.8 Å². The molecule has 108 valence electrons. The molecule has 5 nitrogen and oxygen atoms in total. The molecule has 1 unspecified atom stereocenters. The summed E-state index contributed by atoms with van der Waals surface area (Å²) in [5.41, 5.74) is -0.544. The van der Waals surface area contributed by atoms with Gasteiger partial charge in [0.15, 0.2) is 0 Å². The van der Waals surface area contributed by atoms with Crippen LogP contribution in [0.25, 0.3) is 0 Å². The molecule has 0 radical (unpaired) electrons. The number of hydrogen-bond donors (Lipinski definition) is 0. The van der Waals surface area contributed by atoms with E-state index >= 15 is 0 Å². The van der Waals surface area contributed by atoms with Crippen molar-refractivity contribution in [2.75, 3.05) is 11.4 Å². The molecule has 1 aromatic rings. The summed E-state index contributed by atoms with van der Waals surface area (Å²) in [4.78, 5) is 38.1. The van der Waals surface area contributed by atoms with E-state index in [0.717, 1.165) is 0 Å². The van der Waals surface area contributed by atoms with Crippen LogP contribution in [0.3, 0.4) is 0 Å². The van der Waals surface area contributed by atoms with Gasteiger partial charge in [0.25, 0.3) is 11.5 Å². The quantitative estimate of drug-likeness (QED) is 0.587. The normalized spacial score (nSPS) is 25.3. The molecule has 0 bridgehead atoms. The lowest BCUT2D eigenvalue weighted by Gasteiger charge is -2.22.